The van der Waals surface area contributed by atoms with Gasteiger partial charge in [-0.1, -0.05) is 29.3 Å². The van der Waals surface area contributed by atoms with Gasteiger partial charge in [-0.25, -0.2) is 0 Å². The number of amides is 2. The Morgan fingerprint density at radius 3 is 2.36 bits per heavy atom. The first-order valence-electron chi connectivity index (χ1n) is 9.22. The summed E-state index contributed by atoms with van der Waals surface area (Å²) in [6.07, 6.45) is 0. The highest BCUT2D eigenvalue weighted by molar-refractivity contribution is 6.33. The van der Waals surface area contributed by atoms with Crippen molar-refractivity contribution in [1.82, 2.24) is 4.90 Å². The lowest BCUT2D eigenvalue weighted by molar-refractivity contribution is -0.129. The van der Waals surface area contributed by atoms with E-state index in [1.807, 2.05) is 48.2 Å². The van der Waals surface area contributed by atoms with Crippen LogP contribution in [0.5, 0.6) is 5.75 Å². The van der Waals surface area contributed by atoms with Gasteiger partial charge in [0.1, 0.15) is 5.75 Å². The normalized spacial score (nSPS) is 14.0. The molecule has 2 aromatic carbocycles. The van der Waals surface area contributed by atoms with Gasteiger partial charge in [-0.2, -0.15) is 0 Å². The number of rotatable bonds is 5. The Morgan fingerprint density at radius 1 is 1.07 bits per heavy atom. The van der Waals surface area contributed by atoms with Crippen LogP contribution in [0.3, 0.4) is 0 Å². The predicted octanol–water partition coefficient (Wildman–Crippen LogP) is 3.33. The molecule has 1 fully saturated rings. The topological polar surface area (TPSA) is 61.9 Å². The molecule has 1 heterocycles. The highest BCUT2D eigenvalue weighted by Crippen LogP contribution is 2.29. The Balaban J connectivity index is 1.54. The van der Waals surface area contributed by atoms with Crippen molar-refractivity contribution >= 4 is 34.8 Å². The zero-order valence-electron chi connectivity index (χ0n) is 16.1. The smallest absolute Gasteiger partial charge is 0.262 e. The summed E-state index contributed by atoms with van der Waals surface area (Å²) in [5.41, 5.74) is 2.65. The maximum Gasteiger partial charge on any atom is 0.262 e. The van der Waals surface area contributed by atoms with Gasteiger partial charge in [-0.05, 0) is 37.3 Å². The molecule has 0 spiro atoms. The Kier molecular flexibility index (Phi) is 6.41. The molecule has 0 radical (unpaired) electrons. The molecular weight excluding hydrogens is 378 g/mol. The second-order valence-corrected chi connectivity index (χ2v) is 7.22. The van der Waals surface area contributed by atoms with Crippen molar-refractivity contribution in [2.75, 3.05) is 43.0 Å². The monoisotopic (exact) mass is 401 g/mol. The maximum atomic E-state index is 12.1. The number of hydrogen-bond acceptors (Lipinski definition) is 4. The number of piperazine rings is 1. The number of halogens is 1. The molecule has 0 unspecified atom stereocenters. The number of carbonyl (C=O) groups excluding carboxylic acids is 2. The van der Waals surface area contributed by atoms with Gasteiger partial charge in [-0.3, -0.25) is 9.59 Å². The molecule has 7 heteroatoms. The number of aryl methyl sites for hydroxylation is 1. The van der Waals surface area contributed by atoms with E-state index in [2.05, 4.69) is 10.2 Å². The lowest BCUT2D eigenvalue weighted by Gasteiger charge is -2.36. The van der Waals surface area contributed by atoms with Gasteiger partial charge >= 0.3 is 0 Å². The summed E-state index contributed by atoms with van der Waals surface area (Å²) in [6.45, 7) is 6.33. The van der Waals surface area contributed by atoms with Crippen LogP contribution in [0.25, 0.3) is 0 Å². The summed E-state index contributed by atoms with van der Waals surface area (Å²) < 4.78 is 5.49. The third-order valence-electron chi connectivity index (χ3n) is 4.69. The van der Waals surface area contributed by atoms with E-state index in [0.717, 1.165) is 24.3 Å². The van der Waals surface area contributed by atoms with Crippen molar-refractivity contribution in [2.45, 2.75) is 13.8 Å². The number of benzene rings is 2. The first kappa shape index (κ1) is 20.0. The van der Waals surface area contributed by atoms with E-state index >= 15 is 0 Å². The summed E-state index contributed by atoms with van der Waals surface area (Å²) in [5, 5.41) is 3.36. The van der Waals surface area contributed by atoms with Gasteiger partial charge in [0.05, 0.1) is 10.7 Å². The molecule has 1 aliphatic heterocycles. The summed E-state index contributed by atoms with van der Waals surface area (Å²) in [6, 6.07) is 13.0. The molecule has 1 saturated heterocycles. The van der Waals surface area contributed by atoms with Gasteiger partial charge in [0.15, 0.2) is 6.61 Å². The van der Waals surface area contributed by atoms with Crippen molar-refractivity contribution in [3.05, 3.63) is 53.1 Å². The van der Waals surface area contributed by atoms with E-state index in [1.165, 1.54) is 0 Å². The molecule has 0 atom stereocenters. The minimum Gasteiger partial charge on any atom is -0.484 e. The average molecular weight is 402 g/mol. The molecule has 3 rings (SSSR count). The summed E-state index contributed by atoms with van der Waals surface area (Å²) in [7, 11) is 0. The molecule has 28 heavy (non-hydrogen) atoms. The average Bonchev–Trinajstić information content (AvgIpc) is 2.68. The molecule has 2 aromatic rings. The second-order valence-electron chi connectivity index (χ2n) is 6.81. The number of hydrogen-bond donors (Lipinski definition) is 1. The third-order valence-corrected chi connectivity index (χ3v) is 4.99. The van der Waals surface area contributed by atoms with Crippen molar-refractivity contribution in [3.8, 4) is 5.75 Å². The predicted molar refractivity (Wildman–Crippen MR) is 111 cm³/mol. The highest BCUT2D eigenvalue weighted by atomic mass is 35.5. The van der Waals surface area contributed by atoms with Crippen molar-refractivity contribution in [3.63, 3.8) is 0 Å². The molecule has 148 valence electrons. The molecule has 1 aliphatic rings. The summed E-state index contributed by atoms with van der Waals surface area (Å²) >= 11 is 6.43. The Labute approximate surface area is 170 Å². The minimum atomic E-state index is -0.250. The fraction of sp³-hybridized carbons (Fsp3) is 0.333. The molecule has 6 nitrogen and oxygen atoms in total. The second kappa shape index (κ2) is 8.97. The van der Waals surface area contributed by atoms with Crippen LogP contribution in [0.2, 0.25) is 5.02 Å². The first-order chi connectivity index (χ1) is 13.4. The number of nitrogens with zero attached hydrogens (tertiary/aromatic N) is 2. The Hall–Kier alpha value is -2.73. The van der Waals surface area contributed by atoms with Crippen LogP contribution in [0.4, 0.5) is 11.4 Å². The zero-order valence-corrected chi connectivity index (χ0v) is 16.8. The van der Waals surface area contributed by atoms with Crippen LogP contribution in [0.1, 0.15) is 12.5 Å². The van der Waals surface area contributed by atoms with Crippen LogP contribution in [-0.2, 0) is 9.59 Å². The van der Waals surface area contributed by atoms with Crippen LogP contribution in [-0.4, -0.2) is 49.5 Å². The highest BCUT2D eigenvalue weighted by Gasteiger charge is 2.20. The van der Waals surface area contributed by atoms with Gasteiger partial charge in [0.2, 0.25) is 5.91 Å². The SMILES string of the molecule is CC(=O)N1CCN(c2ccc(NC(=O)COc3ccc(C)cc3)cc2Cl)CC1. The summed E-state index contributed by atoms with van der Waals surface area (Å²) in [4.78, 5) is 27.5. The van der Waals surface area contributed by atoms with E-state index in [-0.39, 0.29) is 18.4 Å². The quantitative estimate of drug-likeness (QED) is 0.834. The van der Waals surface area contributed by atoms with Crippen LogP contribution < -0.4 is 15.0 Å². The standard InChI is InChI=1S/C21H24ClN3O3/c1-15-3-6-18(7-4-15)28-14-21(27)23-17-5-8-20(19(22)13-17)25-11-9-24(10-12-25)16(2)26/h3-8,13H,9-12,14H2,1-2H3,(H,23,27). The molecule has 0 bridgehead atoms. The minimum absolute atomic E-state index is 0.0740. The molecule has 2 amide bonds. The molecule has 0 saturated carbocycles. The molecule has 0 aromatic heterocycles. The number of nitrogens with one attached hydrogen (secondary N) is 1. The van der Waals surface area contributed by atoms with Crippen molar-refractivity contribution < 1.29 is 14.3 Å². The van der Waals surface area contributed by atoms with E-state index in [0.29, 0.717) is 29.5 Å². The number of anilines is 2. The molecular formula is C21H24ClN3O3. The number of ether oxygens (including phenoxy) is 1. The van der Waals surface area contributed by atoms with Crippen LogP contribution in [0.15, 0.2) is 42.5 Å². The van der Waals surface area contributed by atoms with Crippen molar-refractivity contribution in [1.29, 1.82) is 0 Å². The zero-order chi connectivity index (χ0) is 20.1. The largest absolute Gasteiger partial charge is 0.484 e. The lowest BCUT2D eigenvalue weighted by Crippen LogP contribution is -2.48. The van der Waals surface area contributed by atoms with E-state index < -0.39 is 0 Å². The van der Waals surface area contributed by atoms with Gasteiger partial charge in [0, 0.05) is 38.8 Å². The van der Waals surface area contributed by atoms with Gasteiger partial charge in [-0.15, -0.1) is 0 Å². The molecule has 0 aliphatic carbocycles. The van der Waals surface area contributed by atoms with Crippen molar-refractivity contribution in [2.24, 2.45) is 0 Å². The Morgan fingerprint density at radius 2 is 1.75 bits per heavy atom. The fourth-order valence-corrected chi connectivity index (χ4v) is 3.38. The van der Waals surface area contributed by atoms with E-state index in [1.54, 1.807) is 13.0 Å². The number of carbonyl (C=O) groups is 2. The van der Waals surface area contributed by atoms with Crippen LogP contribution in [0, 0.1) is 6.92 Å². The van der Waals surface area contributed by atoms with E-state index in [4.69, 9.17) is 16.3 Å². The molecule has 1 N–H and O–H groups in total. The first-order valence-corrected chi connectivity index (χ1v) is 9.59. The Bertz CT molecular complexity index is 846. The maximum absolute atomic E-state index is 12.1. The third kappa shape index (κ3) is 5.16. The van der Waals surface area contributed by atoms with E-state index in [9.17, 15) is 9.59 Å². The summed E-state index contributed by atoms with van der Waals surface area (Å²) in [5.74, 6) is 0.495. The fourth-order valence-electron chi connectivity index (χ4n) is 3.08. The lowest BCUT2D eigenvalue weighted by atomic mass is 10.2. The van der Waals surface area contributed by atoms with Crippen LogP contribution >= 0.6 is 11.6 Å². The van der Waals surface area contributed by atoms with Gasteiger partial charge in [0.25, 0.3) is 5.91 Å². The van der Waals surface area contributed by atoms with Gasteiger partial charge < -0.3 is 19.9 Å².